The third-order valence-corrected chi connectivity index (χ3v) is 6.71. The van der Waals surface area contributed by atoms with E-state index in [9.17, 15) is 4.39 Å². The Hall–Kier alpha value is -4.50. The van der Waals surface area contributed by atoms with Gasteiger partial charge in [0.2, 0.25) is 0 Å². The van der Waals surface area contributed by atoms with Gasteiger partial charge in [-0.25, -0.2) is 4.39 Å². The van der Waals surface area contributed by atoms with Crippen molar-refractivity contribution < 1.29 is 4.39 Å². The zero-order valence-corrected chi connectivity index (χ0v) is 18.2. The van der Waals surface area contributed by atoms with Gasteiger partial charge < -0.3 is 4.57 Å². The highest BCUT2D eigenvalue weighted by Gasteiger charge is 2.16. The Balaban J connectivity index is 1.65. The molecule has 2 heterocycles. The van der Waals surface area contributed by atoms with Crippen LogP contribution in [0.5, 0.6) is 0 Å². The molecule has 0 aliphatic heterocycles. The minimum atomic E-state index is -0.235. The Labute approximate surface area is 195 Å². The maximum absolute atomic E-state index is 13.7. The lowest BCUT2D eigenvalue weighted by Crippen LogP contribution is -1.94. The van der Waals surface area contributed by atoms with Crippen molar-refractivity contribution in [3.8, 4) is 16.8 Å². The first kappa shape index (κ1) is 19.0. The van der Waals surface area contributed by atoms with E-state index in [0.717, 1.165) is 27.5 Å². The van der Waals surface area contributed by atoms with Gasteiger partial charge in [-0.15, -0.1) is 0 Å². The summed E-state index contributed by atoms with van der Waals surface area (Å²) < 4.78 is 15.9. The van der Waals surface area contributed by atoms with Crippen molar-refractivity contribution in [2.75, 3.05) is 0 Å². The number of aromatic nitrogens is 2. The predicted molar refractivity (Wildman–Crippen MR) is 139 cm³/mol. The van der Waals surface area contributed by atoms with Gasteiger partial charge in [-0.05, 0) is 81.9 Å². The third kappa shape index (κ3) is 2.77. The molecule has 7 rings (SSSR count). The molecule has 5 aromatic carbocycles. The minimum Gasteiger partial charge on any atom is -0.309 e. The highest BCUT2D eigenvalue weighted by Crippen LogP contribution is 2.39. The van der Waals surface area contributed by atoms with Crippen LogP contribution in [-0.2, 0) is 0 Å². The van der Waals surface area contributed by atoms with Gasteiger partial charge in [0.15, 0.2) is 0 Å². The van der Waals surface area contributed by atoms with E-state index >= 15 is 0 Å². The van der Waals surface area contributed by atoms with Crippen molar-refractivity contribution in [2.24, 2.45) is 0 Å². The van der Waals surface area contributed by atoms with Crippen LogP contribution in [0.1, 0.15) is 0 Å². The van der Waals surface area contributed by atoms with Gasteiger partial charge in [0.1, 0.15) is 5.82 Å². The fraction of sp³-hybridized carbons (Fsp3) is 0. The Morgan fingerprint density at radius 3 is 2.24 bits per heavy atom. The quantitative estimate of drug-likeness (QED) is 0.248. The summed E-state index contributed by atoms with van der Waals surface area (Å²) in [5.41, 5.74) is 5.51. The van der Waals surface area contributed by atoms with Crippen LogP contribution in [0.25, 0.3) is 60.2 Å². The van der Waals surface area contributed by atoms with Crippen LogP contribution >= 0.6 is 0 Å². The third-order valence-electron chi connectivity index (χ3n) is 6.71. The number of nitrogens with zero attached hydrogens (tertiary/aromatic N) is 2. The van der Waals surface area contributed by atoms with E-state index in [0.29, 0.717) is 0 Å². The van der Waals surface area contributed by atoms with Crippen LogP contribution in [0.2, 0.25) is 0 Å². The number of para-hydroxylation sites is 1. The Morgan fingerprint density at radius 2 is 1.38 bits per heavy atom. The smallest absolute Gasteiger partial charge is 0.123 e. The number of halogens is 1. The van der Waals surface area contributed by atoms with Crippen LogP contribution in [0.3, 0.4) is 0 Å². The highest BCUT2D eigenvalue weighted by atomic mass is 19.1. The summed E-state index contributed by atoms with van der Waals surface area (Å²) in [5.74, 6) is -0.235. The summed E-state index contributed by atoms with van der Waals surface area (Å²) in [6.07, 6.45) is 3.83. The maximum Gasteiger partial charge on any atom is 0.123 e. The summed E-state index contributed by atoms with van der Waals surface area (Å²) in [5, 5.41) is 7.00. The zero-order valence-electron chi connectivity index (χ0n) is 18.2. The van der Waals surface area contributed by atoms with E-state index in [1.807, 2.05) is 36.7 Å². The number of hydrogen-bond acceptors (Lipinski definition) is 1. The molecule has 3 heteroatoms. The largest absolute Gasteiger partial charge is 0.309 e. The molecule has 2 aromatic heterocycles. The lowest BCUT2D eigenvalue weighted by Gasteiger charge is -2.12. The van der Waals surface area contributed by atoms with Crippen LogP contribution in [0.15, 0.2) is 116 Å². The molecule has 2 nitrogen and oxygen atoms in total. The molecule has 0 amide bonds. The lowest BCUT2D eigenvalue weighted by molar-refractivity contribution is 0.627. The van der Waals surface area contributed by atoms with Crippen molar-refractivity contribution in [3.63, 3.8) is 0 Å². The fourth-order valence-corrected chi connectivity index (χ4v) is 5.19. The van der Waals surface area contributed by atoms with E-state index in [-0.39, 0.29) is 5.82 Å². The first-order valence-electron chi connectivity index (χ1n) is 11.3. The predicted octanol–water partition coefficient (Wildman–Crippen LogP) is 8.29. The van der Waals surface area contributed by atoms with Crippen molar-refractivity contribution >= 4 is 43.4 Å². The maximum atomic E-state index is 13.7. The Kier molecular flexibility index (Phi) is 4.06. The van der Waals surface area contributed by atoms with Gasteiger partial charge in [0.05, 0.1) is 11.0 Å². The molecule has 160 valence electrons. The molecular formula is C31H19FN2. The van der Waals surface area contributed by atoms with E-state index in [1.54, 1.807) is 0 Å². The van der Waals surface area contributed by atoms with Crippen molar-refractivity contribution in [1.82, 2.24) is 9.55 Å². The van der Waals surface area contributed by atoms with Crippen molar-refractivity contribution in [3.05, 3.63) is 121 Å². The van der Waals surface area contributed by atoms with Gasteiger partial charge in [-0.3, -0.25) is 4.98 Å². The molecule has 0 fully saturated rings. The Bertz CT molecular complexity index is 1850. The van der Waals surface area contributed by atoms with Crippen molar-refractivity contribution in [2.45, 2.75) is 0 Å². The van der Waals surface area contributed by atoms with E-state index in [2.05, 4.69) is 76.3 Å². The van der Waals surface area contributed by atoms with E-state index in [1.165, 1.54) is 44.8 Å². The van der Waals surface area contributed by atoms with Gasteiger partial charge in [-0.2, -0.15) is 0 Å². The lowest BCUT2D eigenvalue weighted by atomic mass is 9.93. The second-order valence-electron chi connectivity index (χ2n) is 8.63. The number of benzene rings is 5. The van der Waals surface area contributed by atoms with E-state index < -0.39 is 0 Å². The second-order valence-corrected chi connectivity index (χ2v) is 8.63. The molecule has 0 bridgehead atoms. The highest BCUT2D eigenvalue weighted by molar-refractivity contribution is 6.20. The number of pyridine rings is 1. The summed E-state index contributed by atoms with van der Waals surface area (Å²) in [7, 11) is 0. The molecule has 0 aliphatic carbocycles. The zero-order chi connectivity index (χ0) is 22.6. The summed E-state index contributed by atoms with van der Waals surface area (Å²) in [6.45, 7) is 0. The minimum absolute atomic E-state index is 0.235. The first-order valence-corrected chi connectivity index (χ1v) is 11.3. The van der Waals surface area contributed by atoms with Crippen molar-refractivity contribution in [1.29, 1.82) is 0 Å². The fourth-order valence-electron chi connectivity index (χ4n) is 5.19. The van der Waals surface area contributed by atoms with Crippen LogP contribution < -0.4 is 0 Å². The molecule has 0 unspecified atom stereocenters. The molecule has 7 aromatic rings. The Morgan fingerprint density at radius 1 is 0.588 bits per heavy atom. The van der Waals surface area contributed by atoms with Crippen LogP contribution in [0, 0.1) is 5.82 Å². The molecule has 0 saturated heterocycles. The van der Waals surface area contributed by atoms with Gasteiger partial charge in [0.25, 0.3) is 0 Å². The number of fused-ring (bicyclic) bond motifs is 6. The molecule has 0 radical (unpaired) electrons. The monoisotopic (exact) mass is 438 g/mol. The molecule has 0 N–H and O–H groups in total. The average Bonchev–Trinajstić information content (AvgIpc) is 3.21. The van der Waals surface area contributed by atoms with Crippen LogP contribution in [-0.4, -0.2) is 9.55 Å². The molecule has 0 spiro atoms. The van der Waals surface area contributed by atoms with Gasteiger partial charge in [-0.1, -0.05) is 48.5 Å². The number of hydrogen-bond donors (Lipinski definition) is 0. The van der Waals surface area contributed by atoms with Gasteiger partial charge in [0, 0.05) is 34.2 Å². The van der Waals surface area contributed by atoms with Crippen LogP contribution in [0.4, 0.5) is 4.39 Å². The second kappa shape index (κ2) is 7.26. The summed E-state index contributed by atoms with van der Waals surface area (Å²) in [6, 6.07) is 34.5. The summed E-state index contributed by atoms with van der Waals surface area (Å²) >= 11 is 0. The topological polar surface area (TPSA) is 17.8 Å². The summed E-state index contributed by atoms with van der Waals surface area (Å²) in [4.78, 5) is 4.46. The standard InChI is InChI=1S/C31H19FN2/c32-22-10-12-23(13-11-22)34-30-9-5-4-8-25(30)28-18-27-21(17-31(28)34)16-26(20-6-2-1-3-7-20)24-14-15-33-19-29(24)27/h1-19H. The molecule has 0 aliphatic rings. The van der Waals surface area contributed by atoms with E-state index in [4.69, 9.17) is 0 Å². The molecule has 34 heavy (non-hydrogen) atoms. The number of rotatable bonds is 2. The molecule has 0 saturated carbocycles. The molecule has 0 atom stereocenters. The molecular weight excluding hydrogens is 419 g/mol. The SMILES string of the molecule is Fc1ccc(-n2c3ccccc3c3cc4c(cc(-c5ccccc5)c5ccncc54)cc32)cc1. The normalized spacial score (nSPS) is 11.7. The average molecular weight is 439 g/mol. The van der Waals surface area contributed by atoms with Gasteiger partial charge >= 0.3 is 0 Å². The first-order chi connectivity index (χ1) is 16.8.